The summed E-state index contributed by atoms with van der Waals surface area (Å²) in [5.74, 6) is 1.82. The Kier molecular flexibility index (Phi) is 7.78. The van der Waals surface area contributed by atoms with Crippen LogP contribution in [0.2, 0.25) is 0 Å². The molecule has 0 spiro atoms. The molecule has 0 saturated carbocycles. The van der Waals surface area contributed by atoms with Crippen LogP contribution in [0.4, 0.5) is 0 Å². The zero-order valence-electron chi connectivity index (χ0n) is 30.8. The third kappa shape index (κ3) is 5.92. The van der Waals surface area contributed by atoms with Crippen LogP contribution in [-0.2, 0) is 0 Å². The summed E-state index contributed by atoms with van der Waals surface area (Å²) in [6.07, 6.45) is 0. The molecule has 0 aliphatic heterocycles. The normalized spacial score (nSPS) is 11.5. The van der Waals surface area contributed by atoms with Crippen molar-refractivity contribution in [3.05, 3.63) is 200 Å². The molecule has 2 aromatic heterocycles. The molecule has 266 valence electrons. The summed E-state index contributed by atoms with van der Waals surface area (Å²) >= 11 is 0. The maximum Gasteiger partial charge on any atom is 0.164 e. The van der Waals surface area contributed by atoms with E-state index in [1.54, 1.807) is 0 Å². The first kappa shape index (κ1) is 32.7. The predicted molar refractivity (Wildman–Crippen MR) is 235 cm³/mol. The Morgan fingerprint density at radius 3 is 1.46 bits per heavy atom. The molecule has 0 N–H and O–H groups in total. The molecule has 4 heteroatoms. The van der Waals surface area contributed by atoms with Crippen molar-refractivity contribution in [2.75, 3.05) is 0 Å². The van der Waals surface area contributed by atoms with Gasteiger partial charge in [-0.1, -0.05) is 170 Å². The summed E-state index contributed by atoms with van der Waals surface area (Å²) < 4.78 is 6.77. The second kappa shape index (κ2) is 13.6. The first-order chi connectivity index (χ1) is 28.2. The van der Waals surface area contributed by atoms with Crippen LogP contribution in [0.5, 0.6) is 0 Å². The minimum atomic E-state index is 0.585. The molecular weight excluding hydrogens is 695 g/mol. The van der Waals surface area contributed by atoms with Crippen molar-refractivity contribution in [1.29, 1.82) is 0 Å². The van der Waals surface area contributed by atoms with Crippen LogP contribution in [0.15, 0.2) is 205 Å². The number of fused-ring (bicyclic) bond motifs is 6. The van der Waals surface area contributed by atoms with Crippen LogP contribution >= 0.6 is 0 Å². The molecule has 0 aliphatic rings. The Balaban J connectivity index is 1.06. The van der Waals surface area contributed by atoms with E-state index in [1.807, 2.05) is 42.5 Å². The summed E-state index contributed by atoms with van der Waals surface area (Å²) in [5, 5.41) is 6.90. The smallest absolute Gasteiger partial charge is 0.164 e. The molecule has 2 heterocycles. The molecule has 0 saturated heterocycles. The highest BCUT2D eigenvalue weighted by Gasteiger charge is 2.19. The number of benzene rings is 9. The Hall–Kier alpha value is -7.69. The summed E-state index contributed by atoms with van der Waals surface area (Å²) in [7, 11) is 0. The van der Waals surface area contributed by atoms with E-state index in [-0.39, 0.29) is 0 Å². The zero-order valence-corrected chi connectivity index (χ0v) is 30.8. The molecule has 0 aliphatic carbocycles. The Morgan fingerprint density at radius 1 is 0.281 bits per heavy atom. The van der Waals surface area contributed by atoms with Gasteiger partial charge in [-0.2, -0.15) is 0 Å². The number of aromatic nitrogens is 3. The zero-order chi connectivity index (χ0) is 37.7. The van der Waals surface area contributed by atoms with E-state index in [0.29, 0.717) is 17.5 Å². The standard InChI is InChI=1S/C53H33N3O/c1-4-12-34(13-5-1)36-20-22-38(23-21-36)47-31-43(35-14-6-2-7-15-35)33-49-50(47)46-29-27-42(32-48(46)57-49)53-55-51(39-17-8-3-9-18-39)54-52(56-53)41-26-28-45-40(30-41)25-24-37-16-10-11-19-44(37)45/h1-33H. The van der Waals surface area contributed by atoms with Crippen molar-refractivity contribution >= 4 is 43.5 Å². The highest BCUT2D eigenvalue weighted by molar-refractivity contribution is 6.14. The van der Waals surface area contributed by atoms with Gasteiger partial charge in [-0.25, -0.2) is 15.0 Å². The largest absolute Gasteiger partial charge is 0.456 e. The summed E-state index contributed by atoms with van der Waals surface area (Å²) in [5.41, 5.74) is 11.2. The lowest BCUT2D eigenvalue weighted by Gasteiger charge is -2.10. The van der Waals surface area contributed by atoms with E-state index in [0.717, 1.165) is 66.3 Å². The maximum atomic E-state index is 6.77. The van der Waals surface area contributed by atoms with E-state index >= 15 is 0 Å². The van der Waals surface area contributed by atoms with Gasteiger partial charge < -0.3 is 4.42 Å². The van der Waals surface area contributed by atoms with Crippen molar-refractivity contribution in [2.24, 2.45) is 0 Å². The van der Waals surface area contributed by atoms with E-state index < -0.39 is 0 Å². The fourth-order valence-corrected chi connectivity index (χ4v) is 8.05. The van der Waals surface area contributed by atoms with Crippen LogP contribution in [0, 0.1) is 0 Å². The van der Waals surface area contributed by atoms with Crippen LogP contribution in [0.25, 0.3) is 111 Å². The lowest BCUT2D eigenvalue weighted by Crippen LogP contribution is -2.00. The van der Waals surface area contributed by atoms with Gasteiger partial charge in [0.25, 0.3) is 0 Å². The van der Waals surface area contributed by atoms with Gasteiger partial charge in [0.15, 0.2) is 17.5 Å². The van der Waals surface area contributed by atoms with Crippen LogP contribution in [-0.4, -0.2) is 15.0 Å². The lowest BCUT2D eigenvalue weighted by atomic mass is 9.93. The first-order valence-corrected chi connectivity index (χ1v) is 19.2. The van der Waals surface area contributed by atoms with Gasteiger partial charge in [-0.05, 0) is 85.3 Å². The second-order valence-corrected chi connectivity index (χ2v) is 14.4. The molecule has 0 bridgehead atoms. The SMILES string of the molecule is c1ccc(-c2ccc(-c3cc(-c4ccccc4)cc4oc5cc(-c6nc(-c7ccccc7)nc(-c7ccc8c(ccc9ccccc98)c7)n6)ccc5c34)cc2)cc1. The average Bonchev–Trinajstić information content (AvgIpc) is 3.67. The van der Waals surface area contributed by atoms with Crippen LogP contribution in [0.1, 0.15) is 0 Å². The topological polar surface area (TPSA) is 51.8 Å². The predicted octanol–water partition coefficient (Wildman–Crippen LogP) is 14.1. The van der Waals surface area contributed by atoms with Crippen molar-refractivity contribution in [1.82, 2.24) is 15.0 Å². The van der Waals surface area contributed by atoms with Crippen molar-refractivity contribution < 1.29 is 4.42 Å². The fourth-order valence-electron chi connectivity index (χ4n) is 8.05. The average molecular weight is 728 g/mol. The molecule has 11 aromatic rings. The highest BCUT2D eigenvalue weighted by atomic mass is 16.3. The van der Waals surface area contributed by atoms with Gasteiger partial charge in [-0.15, -0.1) is 0 Å². The number of hydrogen-bond acceptors (Lipinski definition) is 4. The van der Waals surface area contributed by atoms with Gasteiger partial charge in [-0.3, -0.25) is 0 Å². The van der Waals surface area contributed by atoms with Gasteiger partial charge in [0.1, 0.15) is 11.2 Å². The number of rotatable bonds is 6. The molecule has 0 atom stereocenters. The summed E-state index contributed by atoms with van der Waals surface area (Å²) in [4.78, 5) is 15.2. The minimum absolute atomic E-state index is 0.585. The molecule has 0 radical (unpaired) electrons. The van der Waals surface area contributed by atoms with Crippen molar-refractivity contribution in [3.63, 3.8) is 0 Å². The maximum absolute atomic E-state index is 6.77. The Labute approximate surface area is 329 Å². The molecule has 4 nitrogen and oxygen atoms in total. The van der Waals surface area contributed by atoms with Crippen molar-refractivity contribution in [3.8, 4) is 67.5 Å². The molecule has 57 heavy (non-hydrogen) atoms. The molecule has 0 unspecified atom stereocenters. The first-order valence-electron chi connectivity index (χ1n) is 19.2. The summed E-state index contributed by atoms with van der Waals surface area (Å²) in [6.45, 7) is 0. The molecule has 0 fully saturated rings. The Morgan fingerprint density at radius 2 is 0.754 bits per heavy atom. The third-order valence-electron chi connectivity index (χ3n) is 10.9. The van der Waals surface area contributed by atoms with E-state index in [2.05, 4.69) is 158 Å². The van der Waals surface area contributed by atoms with E-state index in [1.165, 1.54) is 27.3 Å². The molecule has 11 rings (SSSR count). The lowest BCUT2D eigenvalue weighted by molar-refractivity contribution is 0.669. The van der Waals surface area contributed by atoms with Gasteiger partial charge in [0.2, 0.25) is 0 Å². The van der Waals surface area contributed by atoms with E-state index in [4.69, 9.17) is 19.4 Å². The number of hydrogen-bond donors (Lipinski definition) is 0. The fraction of sp³-hybridized carbons (Fsp3) is 0. The molecular formula is C53H33N3O. The molecule has 0 amide bonds. The summed E-state index contributed by atoms with van der Waals surface area (Å²) in [6, 6.07) is 70.0. The Bertz CT molecular complexity index is 3260. The number of nitrogens with zero attached hydrogens (tertiary/aromatic N) is 3. The van der Waals surface area contributed by atoms with Gasteiger partial charge in [0.05, 0.1) is 0 Å². The van der Waals surface area contributed by atoms with Gasteiger partial charge >= 0.3 is 0 Å². The van der Waals surface area contributed by atoms with E-state index in [9.17, 15) is 0 Å². The highest BCUT2D eigenvalue weighted by Crippen LogP contribution is 2.42. The van der Waals surface area contributed by atoms with Crippen LogP contribution in [0.3, 0.4) is 0 Å². The molecule has 9 aromatic carbocycles. The number of furan rings is 1. The second-order valence-electron chi connectivity index (χ2n) is 14.4. The third-order valence-corrected chi connectivity index (χ3v) is 10.9. The monoisotopic (exact) mass is 727 g/mol. The van der Waals surface area contributed by atoms with Crippen molar-refractivity contribution in [2.45, 2.75) is 0 Å². The quantitative estimate of drug-likeness (QED) is 0.160. The van der Waals surface area contributed by atoms with Gasteiger partial charge in [0, 0.05) is 27.5 Å². The van der Waals surface area contributed by atoms with Crippen LogP contribution < -0.4 is 0 Å². The minimum Gasteiger partial charge on any atom is -0.456 e.